The average Bonchev–Trinajstić information content (AvgIpc) is 3.88. The second kappa shape index (κ2) is 14.7. The zero-order chi connectivity index (χ0) is 41.0. The van der Waals surface area contributed by atoms with Crippen LogP contribution in [0.15, 0.2) is 218 Å². The smallest absolute Gasteiger partial charge is 0.238 e. The molecule has 0 saturated carbocycles. The Balaban J connectivity index is 1.14. The van der Waals surface area contributed by atoms with Gasteiger partial charge in [-0.15, -0.1) is 0 Å². The van der Waals surface area contributed by atoms with Crippen LogP contribution in [0.3, 0.4) is 0 Å². The van der Waals surface area contributed by atoms with E-state index in [0.29, 0.717) is 17.6 Å². The number of aromatic nitrogens is 6. The quantitative estimate of drug-likeness (QED) is 0.161. The van der Waals surface area contributed by atoms with E-state index in [9.17, 15) is 0 Å². The predicted molar refractivity (Wildman–Crippen MR) is 253 cm³/mol. The molecule has 12 rings (SSSR count). The molecule has 290 valence electrons. The molecular weight excluding hydrogens is 757 g/mol. The number of benzene rings is 8. The number of fused-ring (bicyclic) bond motifs is 7. The van der Waals surface area contributed by atoms with Crippen molar-refractivity contribution >= 4 is 43.6 Å². The molecule has 62 heavy (non-hydrogen) atoms. The monoisotopic (exact) mass is 792 g/mol. The topological polar surface area (TPSA) is 61.4 Å². The Morgan fingerprint density at radius 2 is 0.758 bits per heavy atom. The van der Waals surface area contributed by atoms with Crippen LogP contribution in [0.2, 0.25) is 0 Å². The van der Waals surface area contributed by atoms with Gasteiger partial charge in [0.05, 0.1) is 33.5 Å². The summed E-state index contributed by atoms with van der Waals surface area (Å²) in [7, 11) is 0. The summed E-state index contributed by atoms with van der Waals surface area (Å²) in [4.78, 5) is 21.0. The number of pyridine rings is 1. The Kier molecular flexibility index (Phi) is 8.38. The van der Waals surface area contributed by atoms with Crippen molar-refractivity contribution in [1.29, 1.82) is 0 Å². The second-order valence-corrected chi connectivity index (χ2v) is 15.5. The molecule has 0 unspecified atom stereocenters. The lowest BCUT2D eigenvalue weighted by molar-refractivity contribution is 0.953. The van der Waals surface area contributed by atoms with Gasteiger partial charge in [0.25, 0.3) is 0 Å². The van der Waals surface area contributed by atoms with Gasteiger partial charge >= 0.3 is 0 Å². The Morgan fingerprint density at radius 1 is 0.274 bits per heavy atom. The summed E-state index contributed by atoms with van der Waals surface area (Å²) in [6, 6.07) is 76.1. The summed E-state index contributed by atoms with van der Waals surface area (Å²) in [6.45, 7) is 0. The van der Waals surface area contributed by atoms with Gasteiger partial charge in [-0.25, -0.2) is 9.97 Å². The number of hydrogen-bond acceptors (Lipinski definition) is 4. The Labute approximate surface area is 357 Å². The van der Waals surface area contributed by atoms with Crippen molar-refractivity contribution in [2.45, 2.75) is 0 Å². The van der Waals surface area contributed by atoms with E-state index in [2.05, 4.69) is 197 Å². The molecule has 0 fully saturated rings. The molecule has 0 aliphatic heterocycles. The number of para-hydroxylation sites is 2. The van der Waals surface area contributed by atoms with E-state index in [1.54, 1.807) is 0 Å². The fraction of sp³-hybridized carbons (Fsp3) is 0. The van der Waals surface area contributed by atoms with E-state index in [4.69, 9.17) is 19.9 Å². The summed E-state index contributed by atoms with van der Waals surface area (Å²) in [6.07, 6.45) is 0. The minimum Gasteiger partial charge on any atom is -0.307 e. The maximum absolute atomic E-state index is 5.38. The first-order valence-corrected chi connectivity index (χ1v) is 20.8. The van der Waals surface area contributed by atoms with E-state index in [0.717, 1.165) is 94.1 Å². The van der Waals surface area contributed by atoms with Crippen molar-refractivity contribution in [3.05, 3.63) is 218 Å². The molecule has 0 aliphatic rings. The fourth-order valence-electron chi connectivity index (χ4n) is 8.92. The van der Waals surface area contributed by atoms with Gasteiger partial charge in [0.2, 0.25) is 5.95 Å². The van der Waals surface area contributed by atoms with Gasteiger partial charge in [-0.2, -0.15) is 9.97 Å². The lowest BCUT2D eigenvalue weighted by Crippen LogP contribution is -2.07. The molecule has 6 heteroatoms. The van der Waals surface area contributed by atoms with Crippen molar-refractivity contribution < 1.29 is 0 Å². The molecule has 0 radical (unpaired) electrons. The summed E-state index contributed by atoms with van der Waals surface area (Å²) in [5.41, 5.74) is 13.3. The van der Waals surface area contributed by atoms with Crippen molar-refractivity contribution in [1.82, 2.24) is 29.1 Å². The molecule has 0 bridgehead atoms. The molecule has 0 amide bonds. The third kappa shape index (κ3) is 5.96. The summed E-state index contributed by atoms with van der Waals surface area (Å²) < 4.78 is 4.65. The highest BCUT2D eigenvalue weighted by molar-refractivity contribution is 6.23. The van der Waals surface area contributed by atoms with Crippen LogP contribution in [0.4, 0.5) is 0 Å². The molecule has 4 heterocycles. The van der Waals surface area contributed by atoms with Gasteiger partial charge in [-0.1, -0.05) is 176 Å². The van der Waals surface area contributed by atoms with Crippen LogP contribution in [0.5, 0.6) is 0 Å². The van der Waals surface area contributed by atoms with Crippen LogP contribution in [-0.4, -0.2) is 29.1 Å². The molecular formula is C56H36N6. The van der Waals surface area contributed by atoms with Gasteiger partial charge in [0, 0.05) is 49.5 Å². The van der Waals surface area contributed by atoms with Crippen molar-refractivity contribution in [3.8, 4) is 68.1 Å². The minimum absolute atomic E-state index is 0.546. The normalized spacial score (nSPS) is 11.5. The van der Waals surface area contributed by atoms with E-state index in [-0.39, 0.29) is 0 Å². The Hall–Kier alpha value is -8.48. The second-order valence-electron chi connectivity index (χ2n) is 15.5. The molecule has 0 saturated heterocycles. The molecule has 0 spiro atoms. The number of nitrogens with zero attached hydrogens (tertiary/aromatic N) is 6. The highest BCUT2D eigenvalue weighted by Crippen LogP contribution is 2.42. The Bertz CT molecular complexity index is 3630. The van der Waals surface area contributed by atoms with E-state index >= 15 is 0 Å². The average molecular weight is 793 g/mol. The van der Waals surface area contributed by atoms with E-state index in [1.165, 1.54) is 0 Å². The summed E-state index contributed by atoms with van der Waals surface area (Å²) in [5, 5.41) is 4.53. The van der Waals surface area contributed by atoms with Gasteiger partial charge in [0.15, 0.2) is 11.6 Å². The number of rotatable bonds is 7. The highest BCUT2D eigenvalue weighted by atomic mass is 15.2. The van der Waals surface area contributed by atoms with Crippen LogP contribution in [0.25, 0.3) is 112 Å². The molecule has 4 aromatic heterocycles. The van der Waals surface area contributed by atoms with Crippen molar-refractivity contribution in [2.24, 2.45) is 0 Å². The maximum Gasteiger partial charge on any atom is 0.238 e. The molecule has 0 N–H and O–H groups in total. The van der Waals surface area contributed by atoms with Gasteiger partial charge in [0.1, 0.15) is 0 Å². The first kappa shape index (κ1) is 35.5. The molecule has 8 aromatic carbocycles. The first-order chi connectivity index (χ1) is 30.7. The molecule has 12 aromatic rings. The van der Waals surface area contributed by atoms with Crippen molar-refractivity contribution in [2.75, 3.05) is 0 Å². The highest BCUT2D eigenvalue weighted by Gasteiger charge is 2.24. The maximum atomic E-state index is 5.38. The van der Waals surface area contributed by atoms with Crippen LogP contribution >= 0.6 is 0 Å². The Morgan fingerprint density at radius 3 is 1.45 bits per heavy atom. The standard InChI is InChI=1S/C56H36N6/c1-4-17-37(18-5-1)40-23-14-25-42(35-40)55-58-54(39-21-8-3-9-22-39)59-56(60-55)62-51-32-13-11-28-45(51)47-34-33-46-44-27-10-12-31-50(44)61(52(46)53(47)62)43-26-15-24-41(36-43)49-30-16-29-48(57-49)38-19-6-2-7-20-38/h1-36H. The summed E-state index contributed by atoms with van der Waals surface area (Å²) in [5.74, 6) is 1.75. The zero-order valence-corrected chi connectivity index (χ0v) is 33.5. The van der Waals surface area contributed by atoms with Crippen LogP contribution < -0.4 is 0 Å². The van der Waals surface area contributed by atoms with Crippen LogP contribution in [-0.2, 0) is 0 Å². The minimum atomic E-state index is 0.546. The molecule has 0 aliphatic carbocycles. The SMILES string of the molecule is c1ccc(-c2cccc(-c3nc(-c4ccccc4)nc(-n4c5ccccc5c5ccc6c7ccccc7n(-c7cccc(-c8cccc(-c9ccccc9)n8)c7)c6c54)n3)c2)cc1. The van der Waals surface area contributed by atoms with E-state index in [1.807, 2.05) is 30.3 Å². The van der Waals surface area contributed by atoms with Gasteiger partial charge in [-0.3, -0.25) is 4.57 Å². The zero-order valence-electron chi connectivity index (χ0n) is 33.5. The third-order valence-electron chi connectivity index (χ3n) is 11.8. The van der Waals surface area contributed by atoms with Crippen LogP contribution in [0.1, 0.15) is 0 Å². The van der Waals surface area contributed by atoms with E-state index < -0.39 is 0 Å². The third-order valence-corrected chi connectivity index (χ3v) is 11.8. The largest absolute Gasteiger partial charge is 0.307 e. The number of hydrogen-bond donors (Lipinski definition) is 0. The fourth-order valence-corrected chi connectivity index (χ4v) is 8.92. The predicted octanol–water partition coefficient (Wildman–Crippen LogP) is 13.8. The molecule has 0 atom stereocenters. The van der Waals surface area contributed by atoms with Gasteiger partial charge < -0.3 is 4.57 Å². The molecule has 6 nitrogen and oxygen atoms in total. The van der Waals surface area contributed by atoms with Gasteiger partial charge in [-0.05, 0) is 53.6 Å². The van der Waals surface area contributed by atoms with Crippen molar-refractivity contribution in [3.63, 3.8) is 0 Å². The summed E-state index contributed by atoms with van der Waals surface area (Å²) >= 11 is 0. The first-order valence-electron chi connectivity index (χ1n) is 20.8. The lowest BCUT2D eigenvalue weighted by Gasteiger charge is -2.14. The lowest BCUT2D eigenvalue weighted by atomic mass is 10.0. The van der Waals surface area contributed by atoms with Crippen LogP contribution in [0, 0.1) is 0 Å².